The molecule has 0 nitrogen and oxygen atoms in total. The van der Waals surface area contributed by atoms with Crippen LogP contribution < -0.4 is 0 Å². The van der Waals surface area contributed by atoms with Gasteiger partial charge in [0.2, 0.25) is 0 Å². The second-order valence-electron chi connectivity index (χ2n) is 10.6. The fraction of sp³-hybridized carbons (Fsp3) is 0.692. The first-order valence-electron chi connectivity index (χ1n) is 11.3. The maximum Gasteiger partial charge on any atom is 0.00813 e. The molecule has 26 heavy (non-hydrogen) atoms. The zero-order chi connectivity index (χ0) is 17.9. The Balaban J connectivity index is 1.45. The van der Waals surface area contributed by atoms with Gasteiger partial charge < -0.3 is 0 Å². The first-order chi connectivity index (χ1) is 12.6. The topological polar surface area (TPSA) is 0 Å². The van der Waals surface area contributed by atoms with Crippen molar-refractivity contribution in [2.24, 2.45) is 40.9 Å². The van der Waals surface area contributed by atoms with Gasteiger partial charge >= 0.3 is 0 Å². The van der Waals surface area contributed by atoms with E-state index in [0.717, 1.165) is 35.5 Å². The quantitative estimate of drug-likeness (QED) is 0.525. The second-order valence-corrected chi connectivity index (χ2v) is 10.6. The minimum Gasteiger partial charge on any atom is -0.0758 e. The Labute approximate surface area is 160 Å². The molecule has 0 heterocycles. The molecule has 0 amide bonds. The average molecular weight is 349 g/mol. The van der Waals surface area contributed by atoms with E-state index in [4.69, 9.17) is 0 Å². The predicted molar refractivity (Wildman–Crippen MR) is 111 cm³/mol. The third-order valence-corrected chi connectivity index (χ3v) is 9.12. The van der Waals surface area contributed by atoms with Gasteiger partial charge in [-0.3, -0.25) is 0 Å². The van der Waals surface area contributed by atoms with Gasteiger partial charge in [-0.2, -0.15) is 0 Å². The van der Waals surface area contributed by atoms with Gasteiger partial charge in [0.15, 0.2) is 0 Å². The first kappa shape index (κ1) is 17.1. The van der Waals surface area contributed by atoms with Gasteiger partial charge in [-0.25, -0.2) is 0 Å². The lowest BCUT2D eigenvalue weighted by Gasteiger charge is -2.48. The van der Waals surface area contributed by atoms with E-state index < -0.39 is 0 Å². The van der Waals surface area contributed by atoms with E-state index in [2.05, 4.69) is 57.2 Å². The van der Waals surface area contributed by atoms with Crippen molar-refractivity contribution < 1.29 is 0 Å². The van der Waals surface area contributed by atoms with E-state index in [9.17, 15) is 0 Å². The van der Waals surface area contributed by atoms with Crippen LogP contribution in [0.1, 0.15) is 82.8 Å². The molecule has 1 aromatic carbocycles. The molecular formula is C26H36. The Bertz CT molecular complexity index is 696. The summed E-state index contributed by atoms with van der Waals surface area (Å²) in [5, 5.41) is 0. The summed E-state index contributed by atoms with van der Waals surface area (Å²) in [5.41, 5.74) is 3.41. The lowest BCUT2D eigenvalue weighted by molar-refractivity contribution is 0.0235. The smallest absolute Gasteiger partial charge is 0.00813 e. The molecule has 4 aliphatic carbocycles. The third kappa shape index (κ3) is 2.47. The number of allylic oxidation sites excluding steroid dienone is 1. The molecule has 1 aromatic rings. The Hall–Kier alpha value is -1.04. The molecule has 5 rings (SSSR count). The summed E-state index contributed by atoms with van der Waals surface area (Å²) in [6, 6.07) is 9.12. The van der Waals surface area contributed by atoms with E-state index >= 15 is 0 Å². The van der Waals surface area contributed by atoms with E-state index in [1.807, 2.05) is 0 Å². The van der Waals surface area contributed by atoms with Crippen LogP contribution in [-0.4, -0.2) is 0 Å². The Kier molecular flexibility index (Phi) is 4.11. The van der Waals surface area contributed by atoms with Gasteiger partial charge in [-0.1, -0.05) is 76.5 Å². The van der Waals surface area contributed by atoms with Crippen LogP contribution in [0.15, 0.2) is 30.3 Å². The molecule has 0 bridgehead atoms. The van der Waals surface area contributed by atoms with Gasteiger partial charge in [-0.15, -0.1) is 0 Å². The molecule has 0 N–H and O–H groups in total. The van der Waals surface area contributed by atoms with Crippen LogP contribution in [0, 0.1) is 40.9 Å². The Morgan fingerprint density at radius 3 is 2.58 bits per heavy atom. The van der Waals surface area contributed by atoms with Crippen molar-refractivity contribution in [3.05, 3.63) is 41.5 Å². The minimum atomic E-state index is 0.365. The molecule has 3 fully saturated rings. The fourth-order valence-electron chi connectivity index (χ4n) is 8.28. The van der Waals surface area contributed by atoms with Gasteiger partial charge in [0.25, 0.3) is 0 Å². The SMILES string of the molecule is CC1CC2C3CCCCC3CCC2C1C(C)(C)C1C=Cc2ccccc21. The maximum atomic E-state index is 2.60. The van der Waals surface area contributed by atoms with E-state index in [0.29, 0.717) is 11.3 Å². The van der Waals surface area contributed by atoms with Crippen LogP contribution in [0.25, 0.3) is 6.08 Å². The lowest BCUT2D eigenvalue weighted by atomic mass is 9.56. The van der Waals surface area contributed by atoms with Gasteiger partial charge in [-0.05, 0) is 77.7 Å². The monoisotopic (exact) mass is 348 g/mol. The van der Waals surface area contributed by atoms with E-state index in [-0.39, 0.29) is 0 Å². The average Bonchev–Trinajstić information content (AvgIpc) is 3.22. The normalized spacial score (nSPS) is 41.6. The van der Waals surface area contributed by atoms with Crippen molar-refractivity contribution in [2.75, 3.05) is 0 Å². The highest BCUT2D eigenvalue weighted by Crippen LogP contribution is 2.63. The van der Waals surface area contributed by atoms with Crippen molar-refractivity contribution in [1.82, 2.24) is 0 Å². The molecule has 3 saturated carbocycles. The summed E-state index contributed by atoms with van der Waals surface area (Å²) in [5.74, 6) is 6.55. The van der Waals surface area contributed by atoms with E-state index in [1.165, 1.54) is 50.5 Å². The van der Waals surface area contributed by atoms with Crippen molar-refractivity contribution in [1.29, 1.82) is 0 Å². The van der Waals surface area contributed by atoms with Crippen molar-refractivity contribution in [2.45, 2.75) is 71.6 Å². The molecule has 0 heteroatoms. The minimum absolute atomic E-state index is 0.365. The first-order valence-corrected chi connectivity index (χ1v) is 11.3. The van der Waals surface area contributed by atoms with Gasteiger partial charge in [0.05, 0.1) is 0 Å². The van der Waals surface area contributed by atoms with Crippen LogP contribution in [0.4, 0.5) is 0 Å². The predicted octanol–water partition coefficient (Wildman–Crippen LogP) is 7.31. The summed E-state index contributed by atoms with van der Waals surface area (Å²) in [6.45, 7) is 7.79. The highest BCUT2D eigenvalue weighted by Gasteiger charge is 2.55. The number of benzene rings is 1. The zero-order valence-electron chi connectivity index (χ0n) is 17.0. The summed E-state index contributed by atoms with van der Waals surface area (Å²) >= 11 is 0. The molecule has 0 aliphatic heterocycles. The zero-order valence-corrected chi connectivity index (χ0v) is 17.0. The maximum absolute atomic E-state index is 2.60. The molecule has 4 aliphatic rings. The molecule has 7 atom stereocenters. The number of hydrogen-bond donors (Lipinski definition) is 0. The molecule has 0 aromatic heterocycles. The second kappa shape index (κ2) is 6.25. The largest absolute Gasteiger partial charge is 0.0758 e. The van der Waals surface area contributed by atoms with Crippen molar-refractivity contribution >= 4 is 6.08 Å². The summed E-state index contributed by atoms with van der Waals surface area (Å²) in [6.07, 6.45) is 15.6. The third-order valence-electron chi connectivity index (χ3n) is 9.12. The van der Waals surface area contributed by atoms with Crippen molar-refractivity contribution in [3.8, 4) is 0 Å². The molecule has 0 radical (unpaired) electrons. The molecule has 140 valence electrons. The van der Waals surface area contributed by atoms with Crippen LogP contribution in [0.5, 0.6) is 0 Å². The molecule has 7 unspecified atom stereocenters. The fourth-order valence-corrected chi connectivity index (χ4v) is 8.28. The lowest BCUT2D eigenvalue weighted by Crippen LogP contribution is -2.41. The van der Waals surface area contributed by atoms with E-state index in [1.54, 1.807) is 5.56 Å². The van der Waals surface area contributed by atoms with Crippen molar-refractivity contribution in [3.63, 3.8) is 0 Å². The summed E-state index contributed by atoms with van der Waals surface area (Å²) in [4.78, 5) is 0. The number of hydrogen-bond acceptors (Lipinski definition) is 0. The number of rotatable bonds is 2. The molecular weight excluding hydrogens is 312 g/mol. The Morgan fingerprint density at radius 1 is 0.885 bits per heavy atom. The molecule has 0 saturated heterocycles. The highest BCUT2D eigenvalue weighted by molar-refractivity contribution is 5.63. The van der Waals surface area contributed by atoms with Crippen LogP contribution in [0.3, 0.4) is 0 Å². The standard InChI is InChI=1S/C26H36/c1-17-16-23-20-10-6-4-8-18(20)12-14-22(23)25(17)26(2,3)24-15-13-19-9-5-7-11-21(19)24/h5,7,9,11,13,15,17-18,20,22-25H,4,6,8,10,12,14,16H2,1-3H3. The van der Waals surface area contributed by atoms with Crippen LogP contribution >= 0.6 is 0 Å². The van der Waals surface area contributed by atoms with Gasteiger partial charge in [0.1, 0.15) is 0 Å². The Morgan fingerprint density at radius 2 is 1.69 bits per heavy atom. The summed E-state index contributed by atoms with van der Waals surface area (Å²) < 4.78 is 0. The van der Waals surface area contributed by atoms with Crippen LogP contribution in [-0.2, 0) is 0 Å². The number of fused-ring (bicyclic) bond motifs is 4. The summed E-state index contributed by atoms with van der Waals surface area (Å²) in [7, 11) is 0. The van der Waals surface area contributed by atoms with Gasteiger partial charge in [0, 0.05) is 5.92 Å². The highest BCUT2D eigenvalue weighted by atomic mass is 14.6. The van der Waals surface area contributed by atoms with Crippen LogP contribution in [0.2, 0.25) is 0 Å². The molecule has 0 spiro atoms.